The Hall–Kier alpha value is -1.88. The number of aryl methyl sites for hydroxylation is 2. The van der Waals surface area contributed by atoms with Crippen molar-refractivity contribution in [3.05, 3.63) is 65.2 Å². The first-order valence-corrected chi connectivity index (χ1v) is 8.45. The lowest BCUT2D eigenvalue weighted by Gasteiger charge is -2.22. The van der Waals surface area contributed by atoms with E-state index in [1.54, 1.807) is 0 Å². The van der Waals surface area contributed by atoms with Crippen molar-refractivity contribution in [3.63, 3.8) is 0 Å². The number of aliphatic hydroxyl groups excluding tert-OH is 2. The second-order valence-corrected chi connectivity index (χ2v) is 6.32. The third-order valence-corrected chi connectivity index (χ3v) is 4.05. The van der Waals surface area contributed by atoms with Crippen LogP contribution >= 0.6 is 0 Å². The van der Waals surface area contributed by atoms with Gasteiger partial charge in [0, 0.05) is 5.56 Å². The molecular formula is C20H28NO3+. The van der Waals surface area contributed by atoms with E-state index >= 15 is 0 Å². The fraction of sp³-hybridized carbons (Fsp3) is 0.400. The maximum Gasteiger partial charge on any atom is 0.137 e. The fourth-order valence-electron chi connectivity index (χ4n) is 2.84. The Balaban J connectivity index is 1.86. The summed E-state index contributed by atoms with van der Waals surface area (Å²) in [6.45, 7) is 6.34. The summed E-state index contributed by atoms with van der Waals surface area (Å²) in [7, 11) is 0. The van der Waals surface area contributed by atoms with Crippen molar-refractivity contribution < 1.29 is 19.8 Å². The molecule has 0 fully saturated rings. The van der Waals surface area contributed by atoms with Crippen LogP contribution in [0.25, 0.3) is 0 Å². The topological polar surface area (TPSA) is 54.1 Å². The molecule has 2 rings (SSSR count). The highest BCUT2D eigenvalue weighted by molar-refractivity contribution is 5.35. The Morgan fingerprint density at radius 2 is 1.83 bits per heavy atom. The number of ether oxygens (including phenoxy) is 1. The third-order valence-electron chi connectivity index (χ3n) is 4.05. The Kier molecular flexibility index (Phi) is 7.25. The molecular weight excluding hydrogens is 302 g/mol. The summed E-state index contributed by atoms with van der Waals surface area (Å²) in [6.07, 6.45) is -0.573. The molecule has 2 aromatic carbocycles. The number of benzene rings is 2. The van der Waals surface area contributed by atoms with Crippen molar-refractivity contribution in [2.75, 3.05) is 26.3 Å². The van der Waals surface area contributed by atoms with E-state index in [4.69, 9.17) is 4.74 Å². The van der Waals surface area contributed by atoms with Gasteiger partial charge in [0.05, 0.1) is 6.61 Å². The SMILES string of the molecule is Cc1ccc(OC[C@H](O)C[NH+](CCO)Cc2ccccc2)c(C)c1. The van der Waals surface area contributed by atoms with Crippen LogP contribution in [0.1, 0.15) is 16.7 Å². The van der Waals surface area contributed by atoms with E-state index in [0.29, 0.717) is 13.1 Å². The minimum atomic E-state index is -0.573. The zero-order chi connectivity index (χ0) is 17.4. The van der Waals surface area contributed by atoms with Crippen molar-refractivity contribution in [3.8, 4) is 5.75 Å². The molecule has 0 aliphatic rings. The van der Waals surface area contributed by atoms with Gasteiger partial charge in [0.1, 0.15) is 38.1 Å². The minimum Gasteiger partial charge on any atom is -0.490 e. The molecule has 24 heavy (non-hydrogen) atoms. The van der Waals surface area contributed by atoms with Gasteiger partial charge < -0.3 is 19.8 Å². The summed E-state index contributed by atoms with van der Waals surface area (Å²) in [5.41, 5.74) is 3.47. The van der Waals surface area contributed by atoms with Gasteiger partial charge in [-0.05, 0) is 25.5 Å². The number of nitrogens with one attached hydrogen (secondary N) is 1. The predicted molar refractivity (Wildman–Crippen MR) is 95.3 cm³/mol. The maximum atomic E-state index is 10.3. The molecule has 4 heteroatoms. The van der Waals surface area contributed by atoms with Gasteiger partial charge in [-0.25, -0.2) is 0 Å². The molecule has 0 saturated heterocycles. The largest absolute Gasteiger partial charge is 0.490 e. The summed E-state index contributed by atoms with van der Waals surface area (Å²) >= 11 is 0. The number of hydrogen-bond acceptors (Lipinski definition) is 3. The average Bonchev–Trinajstić information content (AvgIpc) is 2.55. The van der Waals surface area contributed by atoms with Gasteiger partial charge in [-0.1, -0.05) is 48.0 Å². The molecule has 1 unspecified atom stereocenters. The molecule has 2 atom stereocenters. The molecule has 0 spiro atoms. The van der Waals surface area contributed by atoms with Gasteiger partial charge in [0.2, 0.25) is 0 Å². The van der Waals surface area contributed by atoms with E-state index in [1.165, 1.54) is 11.1 Å². The molecule has 0 bridgehead atoms. The normalized spacial score (nSPS) is 13.5. The van der Waals surface area contributed by atoms with Crippen LogP contribution in [0.3, 0.4) is 0 Å². The van der Waals surface area contributed by atoms with Crippen molar-refractivity contribution in [1.29, 1.82) is 0 Å². The Morgan fingerprint density at radius 3 is 2.50 bits per heavy atom. The smallest absolute Gasteiger partial charge is 0.137 e. The van der Waals surface area contributed by atoms with Crippen LogP contribution in [0.5, 0.6) is 5.75 Å². The molecule has 0 radical (unpaired) electrons. The highest BCUT2D eigenvalue weighted by Crippen LogP contribution is 2.18. The van der Waals surface area contributed by atoms with Gasteiger partial charge in [-0.2, -0.15) is 0 Å². The van der Waals surface area contributed by atoms with Gasteiger partial charge in [-0.15, -0.1) is 0 Å². The van der Waals surface area contributed by atoms with Crippen molar-refractivity contribution in [2.24, 2.45) is 0 Å². The van der Waals surface area contributed by atoms with Crippen LogP contribution in [0, 0.1) is 13.8 Å². The van der Waals surface area contributed by atoms with E-state index in [0.717, 1.165) is 22.8 Å². The van der Waals surface area contributed by atoms with E-state index in [-0.39, 0.29) is 13.2 Å². The van der Waals surface area contributed by atoms with E-state index in [9.17, 15) is 10.2 Å². The molecule has 130 valence electrons. The lowest BCUT2D eigenvalue weighted by molar-refractivity contribution is -0.917. The first-order chi connectivity index (χ1) is 11.6. The number of rotatable bonds is 9. The molecule has 0 aliphatic carbocycles. The highest BCUT2D eigenvalue weighted by atomic mass is 16.5. The quantitative estimate of drug-likeness (QED) is 0.646. The molecule has 3 N–H and O–H groups in total. The molecule has 0 heterocycles. The second kappa shape index (κ2) is 9.42. The van der Waals surface area contributed by atoms with Crippen LogP contribution in [0.2, 0.25) is 0 Å². The molecule has 0 aliphatic heterocycles. The highest BCUT2D eigenvalue weighted by Gasteiger charge is 2.16. The zero-order valence-electron chi connectivity index (χ0n) is 14.5. The van der Waals surface area contributed by atoms with Crippen LogP contribution in [-0.2, 0) is 6.54 Å². The molecule has 0 saturated carbocycles. The van der Waals surface area contributed by atoms with Crippen molar-refractivity contribution >= 4 is 0 Å². The van der Waals surface area contributed by atoms with Gasteiger partial charge in [0.25, 0.3) is 0 Å². The lowest BCUT2D eigenvalue weighted by Crippen LogP contribution is -3.12. The third kappa shape index (κ3) is 5.96. The Morgan fingerprint density at radius 1 is 1.08 bits per heavy atom. The summed E-state index contributed by atoms with van der Waals surface area (Å²) in [5, 5.41) is 19.6. The Labute approximate surface area is 144 Å². The molecule has 0 aromatic heterocycles. The van der Waals surface area contributed by atoms with Crippen LogP contribution in [0.4, 0.5) is 0 Å². The first kappa shape index (κ1) is 18.5. The monoisotopic (exact) mass is 330 g/mol. The first-order valence-electron chi connectivity index (χ1n) is 8.45. The summed E-state index contributed by atoms with van der Waals surface area (Å²) in [5.74, 6) is 0.811. The van der Waals surface area contributed by atoms with Gasteiger partial charge in [0.15, 0.2) is 0 Å². The molecule has 0 amide bonds. The van der Waals surface area contributed by atoms with Crippen LogP contribution in [0.15, 0.2) is 48.5 Å². The number of aliphatic hydroxyl groups is 2. The Bertz CT molecular complexity index is 616. The van der Waals surface area contributed by atoms with Crippen LogP contribution < -0.4 is 9.64 Å². The maximum absolute atomic E-state index is 10.3. The van der Waals surface area contributed by atoms with E-state index in [1.807, 2.05) is 44.2 Å². The summed E-state index contributed by atoms with van der Waals surface area (Å²) < 4.78 is 5.76. The lowest BCUT2D eigenvalue weighted by atomic mass is 10.1. The number of hydrogen-bond donors (Lipinski definition) is 3. The second-order valence-electron chi connectivity index (χ2n) is 6.32. The zero-order valence-corrected chi connectivity index (χ0v) is 14.5. The summed E-state index contributed by atoms with van der Waals surface area (Å²) in [4.78, 5) is 1.14. The van der Waals surface area contributed by atoms with E-state index < -0.39 is 6.10 Å². The standard InChI is InChI=1S/C20H27NO3/c1-16-8-9-20(17(2)12-16)24-15-19(23)14-21(10-11-22)13-18-6-4-3-5-7-18/h3-9,12,19,22-23H,10-11,13-15H2,1-2H3/p+1/t19-/m1/s1. The van der Waals surface area contributed by atoms with Crippen LogP contribution in [-0.4, -0.2) is 42.6 Å². The molecule has 2 aromatic rings. The summed E-state index contributed by atoms with van der Waals surface area (Å²) in [6, 6.07) is 16.2. The fourth-order valence-corrected chi connectivity index (χ4v) is 2.84. The van der Waals surface area contributed by atoms with Gasteiger partial charge in [-0.3, -0.25) is 0 Å². The predicted octanol–water partition coefficient (Wildman–Crippen LogP) is 1.12. The van der Waals surface area contributed by atoms with Crippen molar-refractivity contribution in [1.82, 2.24) is 0 Å². The molecule has 4 nitrogen and oxygen atoms in total. The minimum absolute atomic E-state index is 0.104. The van der Waals surface area contributed by atoms with E-state index in [2.05, 4.69) is 18.2 Å². The average molecular weight is 330 g/mol. The number of quaternary nitrogens is 1. The van der Waals surface area contributed by atoms with Crippen molar-refractivity contribution in [2.45, 2.75) is 26.5 Å². The van der Waals surface area contributed by atoms with Gasteiger partial charge >= 0.3 is 0 Å².